The van der Waals surface area contributed by atoms with Crippen LogP contribution in [-0.4, -0.2) is 30.6 Å². The molecular weight excluding hydrogens is 388 g/mol. The van der Waals surface area contributed by atoms with Crippen molar-refractivity contribution in [3.63, 3.8) is 0 Å². The summed E-state index contributed by atoms with van der Waals surface area (Å²) < 4.78 is 0. The normalized spacial score (nSPS) is 40.9. The number of rotatable bonds is 2. The monoisotopic (exact) mass is 424 g/mol. The third kappa shape index (κ3) is 2.56. The molecule has 5 aliphatic heterocycles. The van der Waals surface area contributed by atoms with Crippen molar-refractivity contribution in [2.45, 2.75) is 81.2 Å². The number of hydrogen-bond acceptors (Lipinski definition) is 2. The van der Waals surface area contributed by atoms with Crippen molar-refractivity contribution in [1.82, 2.24) is 4.90 Å². The fourth-order valence-electron chi connectivity index (χ4n) is 9.21. The van der Waals surface area contributed by atoms with E-state index in [1.165, 1.54) is 76.7 Å². The second-order valence-corrected chi connectivity index (χ2v) is 11.9. The van der Waals surface area contributed by atoms with Crippen LogP contribution in [0.2, 0.25) is 0 Å². The first-order chi connectivity index (χ1) is 15.8. The Bertz CT molecular complexity index is 1050. The molecule has 4 aliphatic carbocycles. The Hall–Kier alpha value is -1.80. The number of fused-ring (bicyclic) bond motifs is 8. The molecule has 166 valence electrons. The standard InChI is InChI=1S/C30H36N2/c1-2-4-26-23(3-1)21-6-10-29(26)32(18-21)22-7-9-24-25-8-5-20(27(24)17-22)16-28(25)30-15-19-11-13-31(30)14-12-19/h1-4,7,9,17,19-21,25,28-30H,5-6,8,10-16,18H2. The molecule has 5 heterocycles. The quantitative estimate of drug-likeness (QED) is 0.536. The van der Waals surface area contributed by atoms with Gasteiger partial charge in [-0.3, -0.25) is 0 Å². The second kappa shape index (κ2) is 6.86. The number of benzene rings is 2. The zero-order valence-electron chi connectivity index (χ0n) is 19.3. The summed E-state index contributed by atoms with van der Waals surface area (Å²) in [6.45, 7) is 3.98. The maximum atomic E-state index is 2.89. The van der Waals surface area contributed by atoms with Crippen molar-refractivity contribution in [3.05, 3.63) is 64.7 Å². The molecule has 11 rings (SSSR count). The zero-order chi connectivity index (χ0) is 20.8. The molecule has 2 heteroatoms. The molecule has 2 aromatic carbocycles. The highest BCUT2D eigenvalue weighted by atomic mass is 15.2. The van der Waals surface area contributed by atoms with E-state index in [0.29, 0.717) is 6.04 Å². The molecular formula is C30H36N2. The largest absolute Gasteiger partial charge is 0.364 e. The summed E-state index contributed by atoms with van der Waals surface area (Å²) in [7, 11) is 0. The minimum atomic E-state index is 0.591. The highest BCUT2D eigenvalue weighted by Gasteiger charge is 2.47. The van der Waals surface area contributed by atoms with Crippen LogP contribution in [0.15, 0.2) is 42.5 Å². The van der Waals surface area contributed by atoms with Gasteiger partial charge in [0.15, 0.2) is 0 Å². The van der Waals surface area contributed by atoms with Crippen molar-refractivity contribution in [1.29, 1.82) is 0 Å². The molecule has 32 heavy (non-hydrogen) atoms. The van der Waals surface area contributed by atoms with E-state index in [-0.39, 0.29) is 0 Å². The van der Waals surface area contributed by atoms with E-state index in [1.54, 1.807) is 22.3 Å². The summed E-state index contributed by atoms with van der Waals surface area (Å²) in [4.78, 5) is 5.66. The molecule has 2 nitrogen and oxygen atoms in total. The van der Waals surface area contributed by atoms with Gasteiger partial charge in [-0.2, -0.15) is 0 Å². The van der Waals surface area contributed by atoms with Crippen molar-refractivity contribution < 1.29 is 0 Å². The van der Waals surface area contributed by atoms with Gasteiger partial charge in [0, 0.05) is 24.2 Å². The van der Waals surface area contributed by atoms with E-state index in [4.69, 9.17) is 0 Å². The van der Waals surface area contributed by atoms with Gasteiger partial charge in [-0.25, -0.2) is 0 Å². The van der Waals surface area contributed by atoms with Gasteiger partial charge < -0.3 is 9.80 Å². The molecule has 0 aromatic heterocycles. The minimum Gasteiger partial charge on any atom is -0.364 e. The summed E-state index contributed by atoms with van der Waals surface area (Å²) in [5.41, 5.74) is 8.23. The molecule has 5 fully saturated rings. The lowest BCUT2D eigenvalue weighted by Crippen LogP contribution is -2.54. The van der Waals surface area contributed by atoms with Crippen LogP contribution in [-0.2, 0) is 0 Å². The first kappa shape index (κ1) is 18.6. The summed E-state index contributed by atoms with van der Waals surface area (Å²) in [5, 5.41) is 0. The van der Waals surface area contributed by atoms with Gasteiger partial charge in [-0.05, 0) is 123 Å². The Morgan fingerprint density at radius 1 is 0.688 bits per heavy atom. The van der Waals surface area contributed by atoms with Crippen molar-refractivity contribution in [2.75, 3.05) is 24.5 Å². The smallest absolute Gasteiger partial charge is 0.0545 e. The molecule has 0 amide bonds. The lowest BCUT2D eigenvalue weighted by molar-refractivity contribution is -0.00519. The van der Waals surface area contributed by atoms with Gasteiger partial charge in [0.2, 0.25) is 0 Å². The van der Waals surface area contributed by atoms with Gasteiger partial charge in [-0.1, -0.05) is 30.3 Å². The average Bonchev–Trinajstić information content (AvgIpc) is 2.90. The zero-order valence-corrected chi connectivity index (χ0v) is 19.3. The molecule has 0 N–H and O–H groups in total. The van der Waals surface area contributed by atoms with Crippen molar-refractivity contribution in [3.8, 4) is 0 Å². The molecule has 6 unspecified atom stereocenters. The number of hydrogen-bond donors (Lipinski definition) is 0. The fraction of sp³-hybridized carbons (Fsp3) is 0.600. The van der Waals surface area contributed by atoms with Crippen LogP contribution in [0.25, 0.3) is 0 Å². The fourth-order valence-corrected chi connectivity index (χ4v) is 9.21. The van der Waals surface area contributed by atoms with Gasteiger partial charge in [0.05, 0.1) is 6.04 Å². The Morgan fingerprint density at radius 2 is 1.53 bits per heavy atom. The first-order valence-corrected chi connectivity index (χ1v) is 13.6. The van der Waals surface area contributed by atoms with Crippen LogP contribution in [0.4, 0.5) is 5.69 Å². The topological polar surface area (TPSA) is 6.48 Å². The van der Waals surface area contributed by atoms with Gasteiger partial charge in [0.1, 0.15) is 0 Å². The van der Waals surface area contributed by atoms with E-state index in [9.17, 15) is 0 Å². The van der Waals surface area contributed by atoms with Crippen LogP contribution in [0, 0.1) is 11.8 Å². The van der Waals surface area contributed by atoms with Gasteiger partial charge in [-0.15, -0.1) is 0 Å². The van der Waals surface area contributed by atoms with Crippen molar-refractivity contribution in [2.24, 2.45) is 11.8 Å². The minimum absolute atomic E-state index is 0.591. The summed E-state index contributed by atoms with van der Waals surface area (Å²) >= 11 is 0. The maximum absolute atomic E-state index is 2.89. The third-order valence-corrected chi connectivity index (χ3v) is 10.7. The molecule has 4 saturated heterocycles. The number of nitrogens with zero attached hydrogens (tertiary/aromatic N) is 2. The highest BCUT2D eigenvalue weighted by molar-refractivity contribution is 5.59. The van der Waals surface area contributed by atoms with E-state index < -0.39 is 0 Å². The third-order valence-electron chi connectivity index (χ3n) is 10.7. The molecule has 6 bridgehead atoms. The molecule has 9 aliphatic rings. The second-order valence-electron chi connectivity index (χ2n) is 11.9. The van der Waals surface area contributed by atoms with Crippen LogP contribution in [0.3, 0.4) is 0 Å². The highest BCUT2D eigenvalue weighted by Crippen LogP contribution is 2.57. The first-order valence-electron chi connectivity index (χ1n) is 13.6. The molecule has 2 aromatic rings. The predicted octanol–water partition coefficient (Wildman–Crippen LogP) is 6.59. The van der Waals surface area contributed by atoms with Crippen LogP contribution in [0.5, 0.6) is 0 Å². The summed E-state index contributed by atoms with van der Waals surface area (Å²) in [6.07, 6.45) is 11.5. The SMILES string of the molecule is c1ccc2c(c1)C1CCC2N(c2ccc3c(c2)C2CCC3C(C3CC4CCN3CC4)C2)C1. The number of piperidine rings is 4. The Labute approximate surface area is 193 Å². The lowest BCUT2D eigenvalue weighted by Gasteiger charge is -2.55. The summed E-state index contributed by atoms with van der Waals surface area (Å²) in [5.74, 6) is 4.32. The Kier molecular flexibility index (Phi) is 3.99. The molecule has 0 spiro atoms. The van der Waals surface area contributed by atoms with Gasteiger partial charge >= 0.3 is 0 Å². The average molecular weight is 425 g/mol. The molecule has 6 atom stereocenters. The summed E-state index contributed by atoms with van der Waals surface area (Å²) in [6, 6.07) is 18.5. The van der Waals surface area contributed by atoms with Crippen LogP contribution in [0.1, 0.15) is 97.4 Å². The predicted molar refractivity (Wildman–Crippen MR) is 130 cm³/mol. The van der Waals surface area contributed by atoms with E-state index in [1.807, 2.05) is 0 Å². The van der Waals surface area contributed by atoms with Gasteiger partial charge in [0.25, 0.3) is 0 Å². The lowest BCUT2D eigenvalue weighted by atomic mass is 9.58. The van der Waals surface area contributed by atoms with Crippen molar-refractivity contribution >= 4 is 5.69 Å². The van der Waals surface area contributed by atoms with E-state index in [2.05, 4.69) is 52.3 Å². The molecule has 0 radical (unpaired) electrons. The van der Waals surface area contributed by atoms with E-state index >= 15 is 0 Å². The number of anilines is 1. The van der Waals surface area contributed by atoms with Crippen LogP contribution < -0.4 is 4.90 Å². The Balaban J connectivity index is 1.12. The molecule has 1 saturated carbocycles. The maximum Gasteiger partial charge on any atom is 0.0545 e. The van der Waals surface area contributed by atoms with Crippen LogP contribution >= 0.6 is 0 Å². The van der Waals surface area contributed by atoms with E-state index in [0.717, 1.165) is 35.6 Å². The Morgan fingerprint density at radius 3 is 2.38 bits per heavy atom.